The molecule has 0 fully saturated rings. The van der Waals surface area contributed by atoms with E-state index in [1.165, 1.54) is 5.22 Å². The Kier molecular flexibility index (Phi) is 1.22. The van der Waals surface area contributed by atoms with Gasteiger partial charge < -0.3 is 4.74 Å². The van der Waals surface area contributed by atoms with Crippen molar-refractivity contribution in [2.75, 3.05) is 6.61 Å². The Bertz CT molecular complexity index is 393. The van der Waals surface area contributed by atoms with Gasteiger partial charge in [-0.1, -0.05) is 12.1 Å². The van der Waals surface area contributed by atoms with Crippen LogP contribution in [0.3, 0.4) is 0 Å². The Morgan fingerprint density at radius 2 is 2.36 bits per heavy atom. The number of esters is 1. The third-order valence-corrected chi connectivity index (χ3v) is 1.83. The van der Waals surface area contributed by atoms with Crippen molar-refractivity contribution >= 4 is 5.97 Å². The first kappa shape index (κ1) is 6.40. The summed E-state index contributed by atoms with van der Waals surface area (Å²) >= 11 is 0. The zero-order chi connectivity index (χ0) is 7.84. The molecule has 0 heterocycles. The molecule has 0 atom stereocenters. The van der Waals surface area contributed by atoms with Crippen LogP contribution in [0.1, 0.15) is 17.3 Å². The smallest absolute Gasteiger partial charge is 0.338 e. The molecule has 0 N–H and O–H groups in total. The SMILES string of the molecule is CCOC(=O)c1cc2ccc1=2. The Labute approximate surface area is 64.1 Å². The molecule has 2 rings (SSSR count). The van der Waals surface area contributed by atoms with E-state index in [9.17, 15) is 4.79 Å². The van der Waals surface area contributed by atoms with Crippen molar-refractivity contribution in [3.63, 3.8) is 0 Å². The van der Waals surface area contributed by atoms with Gasteiger partial charge in [-0.05, 0) is 23.4 Å². The number of carbonyl (C=O) groups excluding carboxylic acids is 1. The Hall–Kier alpha value is -1.31. The molecule has 0 aromatic rings. The Morgan fingerprint density at radius 1 is 1.55 bits per heavy atom. The zero-order valence-corrected chi connectivity index (χ0v) is 6.26. The van der Waals surface area contributed by atoms with Gasteiger partial charge in [0.25, 0.3) is 0 Å². The van der Waals surface area contributed by atoms with Gasteiger partial charge in [-0.3, -0.25) is 0 Å². The minimum Gasteiger partial charge on any atom is -0.462 e. The third-order valence-electron chi connectivity index (χ3n) is 1.83. The van der Waals surface area contributed by atoms with Gasteiger partial charge >= 0.3 is 5.97 Å². The highest BCUT2D eigenvalue weighted by molar-refractivity contribution is 5.91. The van der Waals surface area contributed by atoms with Crippen LogP contribution < -0.4 is 0 Å². The average Bonchev–Trinajstić information content (AvgIpc) is 1.95. The van der Waals surface area contributed by atoms with Crippen LogP contribution in [0.5, 0.6) is 0 Å². The van der Waals surface area contributed by atoms with E-state index < -0.39 is 0 Å². The molecule has 0 unspecified atom stereocenters. The van der Waals surface area contributed by atoms with Crippen molar-refractivity contribution in [3.05, 3.63) is 34.2 Å². The summed E-state index contributed by atoms with van der Waals surface area (Å²) < 4.78 is 4.82. The van der Waals surface area contributed by atoms with Gasteiger partial charge in [0.15, 0.2) is 0 Å². The first-order valence-electron chi connectivity index (χ1n) is 3.64. The Balaban J connectivity index is 2.23. The molecule has 0 aromatic carbocycles. The van der Waals surface area contributed by atoms with Crippen LogP contribution in [0.25, 0.3) is 0 Å². The highest BCUT2D eigenvalue weighted by Crippen LogP contribution is 2.16. The number of hydrogen-bond acceptors (Lipinski definition) is 2. The second-order valence-corrected chi connectivity index (χ2v) is 2.48. The van der Waals surface area contributed by atoms with Crippen LogP contribution >= 0.6 is 0 Å². The van der Waals surface area contributed by atoms with E-state index in [1.54, 1.807) is 0 Å². The highest BCUT2D eigenvalue weighted by Gasteiger charge is 2.13. The van der Waals surface area contributed by atoms with Crippen molar-refractivity contribution in [1.29, 1.82) is 0 Å². The molecule has 0 amide bonds. The summed E-state index contributed by atoms with van der Waals surface area (Å²) in [5.74, 6) is -0.199. The number of benzene rings is 1. The van der Waals surface area contributed by atoms with Crippen LogP contribution in [0.4, 0.5) is 0 Å². The molecule has 0 aliphatic heterocycles. The normalized spacial score (nSPS) is 11.0. The summed E-state index contributed by atoms with van der Waals surface area (Å²) in [5.41, 5.74) is 0.726. The van der Waals surface area contributed by atoms with Gasteiger partial charge in [-0.2, -0.15) is 0 Å². The molecular formula is C9H8O2. The molecule has 11 heavy (non-hydrogen) atoms. The van der Waals surface area contributed by atoms with Gasteiger partial charge in [-0.25, -0.2) is 4.79 Å². The van der Waals surface area contributed by atoms with Crippen molar-refractivity contribution in [2.24, 2.45) is 0 Å². The summed E-state index contributed by atoms with van der Waals surface area (Å²) in [4.78, 5) is 11.1. The first-order chi connectivity index (χ1) is 5.33. The molecule has 2 heteroatoms. The molecule has 0 saturated heterocycles. The van der Waals surface area contributed by atoms with E-state index in [-0.39, 0.29) is 5.97 Å². The quantitative estimate of drug-likeness (QED) is 0.603. The van der Waals surface area contributed by atoms with Gasteiger partial charge in [0.1, 0.15) is 0 Å². The fourth-order valence-corrected chi connectivity index (χ4v) is 1.17. The van der Waals surface area contributed by atoms with Crippen LogP contribution in [0.15, 0.2) is 18.2 Å². The lowest BCUT2D eigenvalue weighted by Crippen LogP contribution is -2.09. The Morgan fingerprint density at radius 3 is 2.73 bits per heavy atom. The van der Waals surface area contributed by atoms with E-state index in [1.807, 2.05) is 25.1 Å². The number of rotatable bonds is 2. The fourth-order valence-electron chi connectivity index (χ4n) is 1.17. The second-order valence-electron chi connectivity index (χ2n) is 2.48. The standard InChI is InChI=1S/C9H8O2/c1-2-11-9(10)8-5-6-3-4-7(6)8/h3-5H,2H2,1H3. The first-order valence-corrected chi connectivity index (χ1v) is 3.64. The minimum atomic E-state index is -0.199. The maximum Gasteiger partial charge on any atom is 0.338 e. The molecule has 2 aliphatic rings. The van der Waals surface area contributed by atoms with Gasteiger partial charge in [0, 0.05) is 0 Å². The summed E-state index contributed by atoms with van der Waals surface area (Å²) in [6.07, 6.45) is 0. The second kappa shape index (κ2) is 2.09. The number of ether oxygens (including phenoxy) is 1. The van der Waals surface area contributed by atoms with Crippen molar-refractivity contribution in [2.45, 2.75) is 6.92 Å². The molecule has 0 spiro atoms. The summed E-state index contributed by atoms with van der Waals surface area (Å²) in [6, 6.07) is 5.77. The molecular weight excluding hydrogens is 140 g/mol. The van der Waals surface area contributed by atoms with Crippen LogP contribution in [0.2, 0.25) is 0 Å². The lowest BCUT2D eigenvalue weighted by Gasteiger charge is -2.09. The topological polar surface area (TPSA) is 26.3 Å². The van der Waals surface area contributed by atoms with Crippen LogP contribution in [-0.4, -0.2) is 12.6 Å². The van der Waals surface area contributed by atoms with E-state index in [4.69, 9.17) is 4.74 Å². The highest BCUT2D eigenvalue weighted by atomic mass is 16.5. The summed E-state index contributed by atoms with van der Waals surface area (Å²) in [7, 11) is 0. The van der Waals surface area contributed by atoms with Crippen molar-refractivity contribution in [3.8, 4) is 0 Å². The van der Waals surface area contributed by atoms with Crippen molar-refractivity contribution in [1.82, 2.24) is 0 Å². The number of carbonyl (C=O) groups is 1. The molecule has 0 bridgehead atoms. The van der Waals surface area contributed by atoms with E-state index >= 15 is 0 Å². The van der Waals surface area contributed by atoms with Crippen LogP contribution in [0, 0.1) is 10.4 Å². The number of hydrogen-bond donors (Lipinski definition) is 0. The maximum absolute atomic E-state index is 11.1. The largest absolute Gasteiger partial charge is 0.462 e. The van der Waals surface area contributed by atoms with E-state index in [0.717, 1.165) is 10.8 Å². The predicted molar refractivity (Wildman–Crippen MR) is 40.1 cm³/mol. The summed E-state index contributed by atoms with van der Waals surface area (Å²) in [5, 5.41) is 2.23. The average molecular weight is 148 g/mol. The molecule has 0 radical (unpaired) electrons. The van der Waals surface area contributed by atoms with E-state index in [2.05, 4.69) is 0 Å². The fraction of sp³-hybridized carbons (Fsp3) is 0.222. The van der Waals surface area contributed by atoms with E-state index in [0.29, 0.717) is 6.61 Å². The zero-order valence-electron chi connectivity index (χ0n) is 6.26. The minimum absolute atomic E-state index is 0.199. The van der Waals surface area contributed by atoms with Gasteiger partial charge in [0.05, 0.1) is 12.2 Å². The molecule has 2 aliphatic carbocycles. The van der Waals surface area contributed by atoms with Crippen molar-refractivity contribution < 1.29 is 9.53 Å². The molecule has 2 nitrogen and oxygen atoms in total. The summed E-state index contributed by atoms with van der Waals surface area (Å²) in [6.45, 7) is 2.26. The monoisotopic (exact) mass is 148 g/mol. The predicted octanol–water partition coefficient (Wildman–Crippen LogP) is 1.46. The lowest BCUT2D eigenvalue weighted by molar-refractivity contribution is 0.0523. The third kappa shape index (κ3) is 0.755. The van der Waals surface area contributed by atoms with Crippen LogP contribution in [-0.2, 0) is 4.74 Å². The lowest BCUT2D eigenvalue weighted by atomic mass is 9.99. The maximum atomic E-state index is 11.1. The molecule has 0 saturated carbocycles. The van der Waals surface area contributed by atoms with Gasteiger partial charge in [-0.15, -0.1) is 0 Å². The molecule has 56 valence electrons. The van der Waals surface area contributed by atoms with Gasteiger partial charge in [0.2, 0.25) is 0 Å². The molecule has 0 aromatic heterocycles.